The predicted molar refractivity (Wildman–Crippen MR) is 57.9 cm³/mol. The van der Waals surface area contributed by atoms with E-state index in [2.05, 4.69) is 20.9 Å². The smallest absolute Gasteiger partial charge is 0.338 e. The first-order chi connectivity index (χ1) is 7.11. The molecule has 15 heavy (non-hydrogen) atoms. The van der Waals surface area contributed by atoms with Gasteiger partial charge in [-0.05, 0) is 35.0 Å². The lowest BCUT2D eigenvalue weighted by molar-refractivity contribution is 0.0695. The van der Waals surface area contributed by atoms with Crippen molar-refractivity contribution in [2.24, 2.45) is 0 Å². The summed E-state index contributed by atoms with van der Waals surface area (Å²) in [5.41, 5.74) is 1.48. The van der Waals surface area contributed by atoms with Crippen LogP contribution in [0.5, 0.6) is 0 Å². The second-order valence-electron chi connectivity index (χ2n) is 3.10. The molecule has 4 nitrogen and oxygen atoms in total. The summed E-state index contributed by atoms with van der Waals surface area (Å²) in [6.45, 7) is 1.71. The van der Waals surface area contributed by atoms with Gasteiger partial charge in [-0.3, -0.25) is 0 Å². The van der Waals surface area contributed by atoms with Crippen LogP contribution in [0.25, 0.3) is 11.5 Å². The van der Waals surface area contributed by atoms with Crippen LogP contribution in [0.4, 0.5) is 0 Å². The van der Waals surface area contributed by atoms with E-state index >= 15 is 0 Å². The van der Waals surface area contributed by atoms with Crippen molar-refractivity contribution in [3.05, 3.63) is 34.1 Å². The highest BCUT2D eigenvalue weighted by Gasteiger charge is 2.20. The SMILES string of the molecule is Cc1[nH]c(-c2ccco2)c(Br)c1C(=O)O. The predicted octanol–water partition coefficient (Wildman–Crippen LogP) is 3.04. The van der Waals surface area contributed by atoms with Crippen LogP contribution < -0.4 is 0 Å². The molecule has 0 saturated heterocycles. The van der Waals surface area contributed by atoms with Gasteiger partial charge in [-0.15, -0.1) is 0 Å². The summed E-state index contributed by atoms with van der Waals surface area (Å²) in [5.74, 6) is -0.356. The average molecular weight is 270 g/mol. The van der Waals surface area contributed by atoms with E-state index in [1.54, 1.807) is 25.3 Å². The lowest BCUT2D eigenvalue weighted by Gasteiger charge is -1.93. The van der Waals surface area contributed by atoms with Crippen LogP contribution in [0.2, 0.25) is 0 Å². The zero-order chi connectivity index (χ0) is 11.0. The summed E-state index contributed by atoms with van der Waals surface area (Å²) < 4.78 is 5.71. The maximum atomic E-state index is 10.9. The molecular weight excluding hydrogens is 262 g/mol. The molecule has 0 saturated carbocycles. The molecule has 0 bridgehead atoms. The Morgan fingerprint density at radius 2 is 2.33 bits per heavy atom. The first kappa shape index (κ1) is 10.0. The van der Waals surface area contributed by atoms with Crippen LogP contribution in [0.15, 0.2) is 27.3 Å². The van der Waals surface area contributed by atoms with Gasteiger partial charge in [0.25, 0.3) is 0 Å². The second kappa shape index (κ2) is 3.58. The number of aromatic nitrogens is 1. The third-order valence-corrected chi connectivity index (χ3v) is 2.90. The number of rotatable bonds is 2. The highest BCUT2D eigenvalue weighted by atomic mass is 79.9. The van der Waals surface area contributed by atoms with Gasteiger partial charge < -0.3 is 14.5 Å². The molecule has 2 rings (SSSR count). The van der Waals surface area contributed by atoms with E-state index in [0.29, 0.717) is 21.6 Å². The number of carboxylic acid groups (broad SMARTS) is 1. The van der Waals surface area contributed by atoms with E-state index < -0.39 is 5.97 Å². The van der Waals surface area contributed by atoms with Crippen LogP contribution in [-0.2, 0) is 0 Å². The summed E-state index contributed by atoms with van der Waals surface area (Å²) in [6.07, 6.45) is 1.54. The molecule has 0 radical (unpaired) electrons. The number of nitrogens with one attached hydrogen (secondary N) is 1. The number of H-pyrrole nitrogens is 1. The molecule has 2 aromatic rings. The molecule has 0 aliphatic rings. The minimum Gasteiger partial charge on any atom is -0.478 e. The summed E-state index contributed by atoms with van der Waals surface area (Å²) >= 11 is 3.25. The van der Waals surface area contributed by atoms with E-state index in [9.17, 15) is 4.79 Å². The fraction of sp³-hybridized carbons (Fsp3) is 0.100. The van der Waals surface area contributed by atoms with Gasteiger partial charge in [-0.25, -0.2) is 4.79 Å². The molecule has 0 spiro atoms. The van der Waals surface area contributed by atoms with E-state index in [0.717, 1.165) is 0 Å². The number of aromatic carboxylic acids is 1. The first-order valence-electron chi connectivity index (χ1n) is 4.26. The normalized spacial score (nSPS) is 10.5. The van der Waals surface area contributed by atoms with Gasteiger partial charge in [-0.1, -0.05) is 0 Å². The second-order valence-corrected chi connectivity index (χ2v) is 3.89. The van der Waals surface area contributed by atoms with Gasteiger partial charge in [0.05, 0.1) is 22.0 Å². The number of furan rings is 1. The molecule has 0 aromatic carbocycles. The standard InChI is InChI=1S/C10H8BrNO3/c1-5-7(10(13)14)8(11)9(12-5)6-3-2-4-15-6/h2-4,12H,1H3,(H,13,14). The summed E-state index contributed by atoms with van der Waals surface area (Å²) in [5, 5.41) is 8.98. The maximum Gasteiger partial charge on any atom is 0.338 e. The van der Waals surface area contributed by atoms with Crippen molar-refractivity contribution in [2.45, 2.75) is 6.92 Å². The lowest BCUT2D eigenvalue weighted by atomic mass is 10.2. The average Bonchev–Trinajstić information content (AvgIpc) is 2.72. The van der Waals surface area contributed by atoms with E-state index in [4.69, 9.17) is 9.52 Å². The fourth-order valence-corrected chi connectivity index (χ4v) is 2.20. The summed E-state index contributed by atoms with van der Waals surface area (Å²) in [6, 6.07) is 3.51. The van der Waals surface area contributed by atoms with Gasteiger partial charge in [0.1, 0.15) is 0 Å². The van der Waals surface area contributed by atoms with Gasteiger partial charge in [0, 0.05) is 5.69 Å². The van der Waals surface area contributed by atoms with Crippen molar-refractivity contribution in [3.8, 4) is 11.5 Å². The minimum atomic E-state index is -0.964. The van der Waals surface area contributed by atoms with Crippen molar-refractivity contribution in [3.63, 3.8) is 0 Å². The van der Waals surface area contributed by atoms with Crippen molar-refractivity contribution in [2.75, 3.05) is 0 Å². The van der Waals surface area contributed by atoms with Crippen LogP contribution in [0, 0.1) is 6.92 Å². The molecule has 2 N–H and O–H groups in total. The van der Waals surface area contributed by atoms with Gasteiger partial charge in [-0.2, -0.15) is 0 Å². The van der Waals surface area contributed by atoms with Crippen molar-refractivity contribution < 1.29 is 14.3 Å². The molecule has 0 aliphatic heterocycles. The number of hydrogen-bond acceptors (Lipinski definition) is 2. The Morgan fingerprint density at radius 3 is 2.80 bits per heavy atom. The molecule has 0 atom stereocenters. The van der Waals surface area contributed by atoms with Crippen molar-refractivity contribution in [1.29, 1.82) is 0 Å². The maximum absolute atomic E-state index is 10.9. The lowest BCUT2D eigenvalue weighted by Crippen LogP contribution is -1.97. The zero-order valence-electron chi connectivity index (χ0n) is 7.87. The first-order valence-corrected chi connectivity index (χ1v) is 5.05. The Kier molecular flexibility index (Phi) is 2.40. The van der Waals surface area contributed by atoms with Crippen molar-refractivity contribution >= 4 is 21.9 Å². The monoisotopic (exact) mass is 269 g/mol. The Bertz CT molecular complexity index is 499. The Balaban J connectivity index is 2.61. The highest BCUT2D eigenvalue weighted by molar-refractivity contribution is 9.10. The van der Waals surface area contributed by atoms with Gasteiger partial charge >= 0.3 is 5.97 Å². The number of carboxylic acids is 1. The largest absolute Gasteiger partial charge is 0.478 e. The Morgan fingerprint density at radius 1 is 1.60 bits per heavy atom. The van der Waals surface area contributed by atoms with Crippen molar-refractivity contribution in [1.82, 2.24) is 4.98 Å². The summed E-state index contributed by atoms with van der Waals surface area (Å²) in [7, 11) is 0. The molecule has 0 aliphatic carbocycles. The number of carbonyl (C=O) groups is 1. The Labute approximate surface area is 94.0 Å². The summed E-state index contributed by atoms with van der Waals surface area (Å²) in [4.78, 5) is 13.9. The molecule has 0 amide bonds. The molecule has 78 valence electrons. The van der Waals surface area contributed by atoms with E-state index in [1.165, 1.54) is 0 Å². The molecule has 0 unspecified atom stereocenters. The topological polar surface area (TPSA) is 66.2 Å². The van der Waals surface area contributed by atoms with Crippen LogP contribution in [0.3, 0.4) is 0 Å². The van der Waals surface area contributed by atoms with Crippen LogP contribution >= 0.6 is 15.9 Å². The quantitative estimate of drug-likeness (QED) is 0.881. The van der Waals surface area contributed by atoms with E-state index in [-0.39, 0.29) is 5.56 Å². The molecule has 5 heteroatoms. The van der Waals surface area contributed by atoms with Crippen LogP contribution in [-0.4, -0.2) is 16.1 Å². The van der Waals surface area contributed by atoms with Gasteiger partial charge in [0.2, 0.25) is 0 Å². The number of aryl methyl sites for hydroxylation is 1. The highest BCUT2D eigenvalue weighted by Crippen LogP contribution is 2.32. The minimum absolute atomic E-state index is 0.237. The van der Waals surface area contributed by atoms with Gasteiger partial charge in [0.15, 0.2) is 5.76 Å². The third kappa shape index (κ3) is 1.59. The number of halogens is 1. The fourth-order valence-electron chi connectivity index (χ4n) is 1.44. The third-order valence-electron chi connectivity index (χ3n) is 2.11. The molecular formula is C10H8BrNO3. The molecule has 0 fully saturated rings. The number of hydrogen-bond donors (Lipinski definition) is 2. The Hall–Kier alpha value is -1.49. The van der Waals surface area contributed by atoms with Crippen LogP contribution in [0.1, 0.15) is 16.1 Å². The molecule has 2 aromatic heterocycles. The molecule has 2 heterocycles. The number of aromatic amines is 1. The van der Waals surface area contributed by atoms with E-state index in [1.807, 2.05) is 0 Å². The zero-order valence-corrected chi connectivity index (χ0v) is 9.46.